The first-order chi connectivity index (χ1) is 6.04. The Labute approximate surface area is 78.9 Å². The SMILES string of the molecule is FC(F)(F)c1cccc(OCS)c1. The first-order valence-corrected chi connectivity index (χ1v) is 4.08. The van der Waals surface area contributed by atoms with Crippen LogP contribution in [-0.4, -0.2) is 5.94 Å². The van der Waals surface area contributed by atoms with E-state index in [4.69, 9.17) is 4.74 Å². The zero-order valence-electron chi connectivity index (χ0n) is 6.51. The van der Waals surface area contributed by atoms with Crippen LogP contribution in [-0.2, 0) is 6.18 Å². The van der Waals surface area contributed by atoms with E-state index >= 15 is 0 Å². The van der Waals surface area contributed by atoms with Gasteiger partial charge >= 0.3 is 6.18 Å². The van der Waals surface area contributed by atoms with Gasteiger partial charge in [0.05, 0.1) is 5.56 Å². The summed E-state index contributed by atoms with van der Waals surface area (Å²) in [5.41, 5.74) is -0.716. The Balaban J connectivity index is 2.92. The maximum Gasteiger partial charge on any atom is 0.416 e. The molecule has 0 aliphatic rings. The molecule has 0 aliphatic heterocycles. The number of benzene rings is 1. The molecule has 5 heteroatoms. The van der Waals surface area contributed by atoms with Crippen molar-refractivity contribution >= 4 is 12.6 Å². The molecule has 0 saturated carbocycles. The predicted molar refractivity (Wildman–Crippen MR) is 45.9 cm³/mol. The summed E-state index contributed by atoms with van der Waals surface area (Å²) < 4.78 is 41.2. The molecule has 1 aromatic carbocycles. The van der Waals surface area contributed by atoms with Crippen LogP contribution in [0.25, 0.3) is 0 Å². The number of thiol groups is 1. The number of alkyl halides is 3. The van der Waals surface area contributed by atoms with Crippen LogP contribution in [0.5, 0.6) is 5.75 Å². The van der Waals surface area contributed by atoms with Crippen molar-refractivity contribution in [3.63, 3.8) is 0 Å². The predicted octanol–water partition coefficient (Wildman–Crippen LogP) is 2.97. The Kier molecular flexibility index (Phi) is 3.08. The van der Waals surface area contributed by atoms with Gasteiger partial charge in [-0.3, -0.25) is 0 Å². The zero-order chi connectivity index (χ0) is 9.90. The fourth-order valence-corrected chi connectivity index (χ4v) is 0.986. The smallest absolute Gasteiger partial charge is 0.416 e. The molecule has 0 fully saturated rings. The molecular weight excluding hydrogens is 201 g/mol. The van der Waals surface area contributed by atoms with Gasteiger partial charge < -0.3 is 4.74 Å². The normalized spacial score (nSPS) is 11.4. The number of ether oxygens (including phenoxy) is 1. The van der Waals surface area contributed by atoms with Crippen molar-refractivity contribution in [1.82, 2.24) is 0 Å². The topological polar surface area (TPSA) is 9.23 Å². The largest absolute Gasteiger partial charge is 0.483 e. The summed E-state index contributed by atoms with van der Waals surface area (Å²) in [6.07, 6.45) is -4.32. The standard InChI is InChI=1S/C8H7F3OS/c9-8(10,11)6-2-1-3-7(4-6)12-5-13/h1-4,13H,5H2. The summed E-state index contributed by atoms with van der Waals surface area (Å²) >= 11 is 3.74. The first-order valence-electron chi connectivity index (χ1n) is 3.45. The summed E-state index contributed by atoms with van der Waals surface area (Å²) in [5.74, 6) is 0.228. The van der Waals surface area contributed by atoms with Gasteiger partial charge in [0.2, 0.25) is 0 Å². The van der Waals surface area contributed by atoms with Crippen molar-refractivity contribution in [3.8, 4) is 5.75 Å². The van der Waals surface area contributed by atoms with Crippen LogP contribution in [0.15, 0.2) is 24.3 Å². The van der Waals surface area contributed by atoms with E-state index in [1.54, 1.807) is 0 Å². The summed E-state index contributed by atoms with van der Waals surface area (Å²) in [7, 11) is 0. The Bertz CT molecular complexity index is 285. The van der Waals surface area contributed by atoms with Gasteiger partial charge in [0, 0.05) is 0 Å². The molecule has 1 nitrogen and oxygen atoms in total. The summed E-state index contributed by atoms with van der Waals surface area (Å²) in [4.78, 5) is 0. The van der Waals surface area contributed by atoms with Crippen molar-refractivity contribution in [3.05, 3.63) is 29.8 Å². The molecule has 0 aromatic heterocycles. The Morgan fingerprint density at radius 2 is 2.00 bits per heavy atom. The van der Waals surface area contributed by atoms with Gasteiger partial charge in [-0.15, -0.1) is 12.6 Å². The van der Waals surface area contributed by atoms with Gasteiger partial charge in [-0.25, -0.2) is 0 Å². The van der Waals surface area contributed by atoms with Crippen molar-refractivity contribution in [2.75, 3.05) is 5.94 Å². The van der Waals surface area contributed by atoms with Gasteiger partial charge in [0.15, 0.2) is 0 Å². The average molecular weight is 208 g/mol. The number of halogens is 3. The molecule has 0 bridgehead atoms. The van der Waals surface area contributed by atoms with E-state index < -0.39 is 11.7 Å². The zero-order valence-corrected chi connectivity index (χ0v) is 7.40. The van der Waals surface area contributed by atoms with Gasteiger partial charge in [0.1, 0.15) is 11.7 Å². The second-order valence-corrected chi connectivity index (χ2v) is 2.56. The van der Waals surface area contributed by atoms with E-state index in [-0.39, 0.29) is 11.7 Å². The maximum absolute atomic E-state index is 12.1. The van der Waals surface area contributed by atoms with Crippen LogP contribution < -0.4 is 4.74 Å². The van der Waals surface area contributed by atoms with E-state index in [1.165, 1.54) is 12.1 Å². The molecule has 72 valence electrons. The lowest BCUT2D eigenvalue weighted by atomic mass is 10.2. The number of hydrogen-bond donors (Lipinski definition) is 1. The van der Waals surface area contributed by atoms with Gasteiger partial charge in [-0.2, -0.15) is 13.2 Å². The fourth-order valence-electron chi connectivity index (χ4n) is 0.837. The van der Waals surface area contributed by atoms with E-state index in [0.717, 1.165) is 12.1 Å². The molecule has 0 N–H and O–H groups in total. The van der Waals surface area contributed by atoms with Crippen LogP contribution in [0, 0.1) is 0 Å². The first kappa shape index (κ1) is 10.2. The Hall–Kier alpha value is -0.840. The minimum Gasteiger partial charge on any atom is -0.483 e. The molecule has 0 atom stereocenters. The molecule has 13 heavy (non-hydrogen) atoms. The van der Waals surface area contributed by atoms with Crippen LogP contribution in [0.3, 0.4) is 0 Å². The van der Waals surface area contributed by atoms with Gasteiger partial charge in [-0.05, 0) is 18.2 Å². The molecule has 0 saturated heterocycles. The van der Waals surface area contributed by atoms with Crippen LogP contribution in [0.1, 0.15) is 5.56 Å². The average Bonchev–Trinajstić information content (AvgIpc) is 2.04. The van der Waals surface area contributed by atoms with E-state index in [9.17, 15) is 13.2 Å². The van der Waals surface area contributed by atoms with Crippen molar-refractivity contribution < 1.29 is 17.9 Å². The second kappa shape index (κ2) is 3.91. The number of hydrogen-bond acceptors (Lipinski definition) is 2. The maximum atomic E-state index is 12.1. The Morgan fingerprint density at radius 1 is 1.31 bits per heavy atom. The van der Waals surface area contributed by atoms with Crippen LogP contribution in [0.4, 0.5) is 13.2 Å². The third-order valence-electron chi connectivity index (χ3n) is 1.39. The van der Waals surface area contributed by atoms with Crippen molar-refractivity contribution in [2.24, 2.45) is 0 Å². The van der Waals surface area contributed by atoms with E-state index in [1.807, 2.05) is 0 Å². The second-order valence-electron chi connectivity index (χ2n) is 2.30. The van der Waals surface area contributed by atoms with Crippen LogP contribution in [0.2, 0.25) is 0 Å². The minimum atomic E-state index is -4.32. The minimum absolute atomic E-state index is 0.0569. The third-order valence-corrected chi connectivity index (χ3v) is 1.52. The molecule has 0 unspecified atom stereocenters. The van der Waals surface area contributed by atoms with Gasteiger partial charge in [0.25, 0.3) is 0 Å². The van der Waals surface area contributed by atoms with Crippen LogP contribution >= 0.6 is 12.6 Å². The van der Waals surface area contributed by atoms with E-state index in [0.29, 0.717) is 0 Å². The molecule has 0 aliphatic carbocycles. The molecule has 0 radical (unpaired) electrons. The molecule has 0 heterocycles. The molecule has 0 spiro atoms. The molecule has 1 rings (SSSR count). The van der Waals surface area contributed by atoms with Crippen molar-refractivity contribution in [1.29, 1.82) is 0 Å². The highest BCUT2D eigenvalue weighted by molar-refractivity contribution is 7.80. The molecule has 1 aromatic rings. The lowest BCUT2D eigenvalue weighted by Gasteiger charge is -2.08. The highest BCUT2D eigenvalue weighted by Gasteiger charge is 2.30. The van der Waals surface area contributed by atoms with Crippen molar-refractivity contribution in [2.45, 2.75) is 6.18 Å². The van der Waals surface area contributed by atoms with E-state index in [2.05, 4.69) is 12.6 Å². The lowest BCUT2D eigenvalue weighted by molar-refractivity contribution is -0.137. The lowest BCUT2D eigenvalue weighted by Crippen LogP contribution is -2.04. The highest BCUT2D eigenvalue weighted by atomic mass is 32.1. The Morgan fingerprint density at radius 3 is 2.54 bits per heavy atom. The monoisotopic (exact) mass is 208 g/mol. The van der Waals surface area contributed by atoms with Gasteiger partial charge in [-0.1, -0.05) is 6.07 Å². The number of rotatable bonds is 2. The summed E-state index contributed by atoms with van der Waals surface area (Å²) in [5, 5.41) is 0. The molecule has 0 amide bonds. The quantitative estimate of drug-likeness (QED) is 0.580. The summed E-state index contributed by atoms with van der Waals surface area (Å²) in [6, 6.07) is 4.68. The third kappa shape index (κ3) is 2.84. The fraction of sp³-hybridized carbons (Fsp3) is 0.250. The highest BCUT2D eigenvalue weighted by Crippen LogP contribution is 2.31. The summed E-state index contributed by atoms with van der Waals surface area (Å²) in [6.45, 7) is 0. The molecular formula is C8H7F3OS.